The Hall–Kier alpha value is -0.0500. The summed E-state index contributed by atoms with van der Waals surface area (Å²) in [5.41, 5.74) is -0.262. The van der Waals surface area contributed by atoms with Crippen LogP contribution in [-0.4, -0.2) is 17.8 Å². The molecular weight excluding hydrogens is 194 g/mol. The van der Waals surface area contributed by atoms with E-state index in [1.54, 1.807) is 0 Å². The molecule has 0 radical (unpaired) electrons. The normalized spacial score (nSPS) is 11.2. The number of hydrogen-bond donors (Lipinski definition) is 1. The van der Waals surface area contributed by atoms with Crippen molar-refractivity contribution >= 4 is 21.8 Å². The summed E-state index contributed by atoms with van der Waals surface area (Å²) in [4.78, 5) is 11.1. The molecule has 1 N–H and O–H groups in total. The largest absolute Gasteiger partial charge is 0.355 e. The Morgan fingerprint density at radius 3 is 2.30 bits per heavy atom. The van der Waals surface area contributed by atoms with Gasteiger partial charge in [-0.2, -0.15) is 0 Å². The van der Waals surface area contributed by atoms with Crippen LogP contribution in [0.4, 0.5) is 0 Å². The lowest BCUT2D eigenvalue weighted by molar-refractivity contribution is -0.128. The standard InChI is InChI=1S/C7H14BrNO/c1-7(2,3)6(10)9-5-4-8/h4-5H2,1-3H3,(H,9,10). The van der Waals surface area contributed by atoms with E-state index in [0.717, 1.165) is 5.33 Å². The van der Waals surface area contributed by atoms with Crippen LogP contribution in [0.3, 0.4) is 0 Å². The topological polar surface area (TPSA) is 29.1 Å². The highest BCUT2D eigenvalue weighted by molar-refractivity contribution is 9.09. The van der Waals surface area contributed by atoms with Crippen LogP contribution < -0.4 is 5.32 Å². The van der Waals surface area contributed by atoms with Gasteiger partial charge in [0, 0.05) is 17.3 Å². The third-order valence-electron chi connectivity index (χ3n) is 1.06. The number of halogens is 1. The van der Waals surface area contributed by atoms with Gasteiger partial charge in [-0.25, -0.2) is 0 Å². The lowest BCUT2D eigenvalue weighted by atomic mass is 9.96. The summed E-state index contributed by atoms with van der Waals surface area (Å²) in [7, 11) is 0. The first-order valence-electron chi connectivity index (χ1n) is 3.32. The number of alkyl halides is 1. The minimum absolute atomic E-state index is 0.104. The van der Waals surface area contributed by atoms with Crippen molar-refractivity contribution in [2.24, 2.45) is 5.41 Å². The molecule has 0 saturated heterocycles. The Kier molecular flexibility index (Phi) is 3.94. The summed E-state index contributed by atoms with van der Waals surface area (Å²) in [5, 5.41) is 3.60. The Balaban J connectivity index is 3.64. The molecule has 0 heterocycles. The summed E-state index contributed by atoms with van der Waals surface area (Å²) < 4.78 is 0. The highest BCUT2D eigenvalue weighted by Crippen LogP contribution is 2.11. The molecule has 3 heteroatoms. The zero-order valence-corrected chi connectivity index (χ0v) is 8.29. The van der Waals surface area contributed by atoms with Crippen LogP contribution >= 0.6 is 15.9 Å². The molecule has 0 aromatic rings. The number of carbonyl (C=O) groups excluding carboxylic acids is 1. The molecule has 0 aromatic heterocycles. The van der Waals surface area contributed by atoms with Crippen LogP contribution in [0.1, 0.15) is 20.8 Å². The second-order valence-corrected chi connectivity index (χ2v) is 3.99. The summed E-state index contributed by atoms with van der Waals surface area (Å²) in [5.74, 6) is 0.104. The molecule has 0 saturated carbocycles. The molecule has 0 fully saturated rings. The van der Waals surface area contributed by atoms with Crippen molar-refractivity contribution < 1.29 is 4.79 Å². The fourth-order valence-corrected chi connectivity index (χ4v) is 0.624. The van der Waals surface area contributed by atoms with Crippen LogP contribution in [-0.2, 0) is 4.79 Å². The number of rotatable bonds is 2. The predicted molar refractivity (Wildman–Crippen MR) is 46.3 cm³/mol. The van der Waals surface area contributed by atoms with E-state index in [-0.39, 0.29) is 11.3 Å². The Bertz CT molecular complexity index is 117. The van der Waals surface area contributed by atoms with Gasteiger partial charge in [0.1, 0.15) is 0 Å². The van der Waals surface area contributed by atoms with E-state index in [1.807, 2.05) is 20.8 Å². The molecular formula is C7H14BrNO. The smallest absolute Gasteiger partial charge is 0.225 e. The SMILES string of the molecule is CC(C)(C)C(=O)NCCBr. The van der Waals surface area contributed by atoms with Crippen LogP contribution in [0.5, 0.6) is 0 Å². The van der Waals surface area contributed by atoms with E-state index in [2.05, 4.69) is 21.2 Å². The van der Waals surface area contributed by atoms with Gasteiger partial charge in [0.25, 0.3) is 0 Å². The maximum Gasteiger partial charge on any atom is 0.225 e. The zero-order valence-electron chi connectivity index (χ0n) is 6.70. The van der Waals surface area contributed by atoms with Gasteiger partial charge in [0.05, 0.1) is 0 Å². The van der Waals surface area contributed by atoms with E-state index in [1.165, 1.54) is 0 Å². The quantitative estimate of drug-likeness (QED) is 0.685. The van der Waals surface area contributed by atoms with Crippen LogP contribution in [0.25, 0.3) is 0 Å². The summed E-state index contributed by atoms with van der Waals surface area (Å²) in [6.45, 7) is 6.40. The van der Waals surface area contributed by atoms with Gasteiger partial charge >= 0.3 is 0 Å². The number of amides is 1. The summed E-state index contributed by atoms with van der Waals surface area (Å²) >= 11 is 3.23. The molecule has 10 heavy (non-hydrogen) atoms. The third-order valence-corrected chi connectivity index (χ3v) is 1.46. The van der Waals surface area contributed by atoms with Gasteiger partial charge in [-0.3, -0.25) is 4.79 Å². The van der Waals surface area contributed by atoms with Crippen LogP contribution in [0, 0.1) is 5.41 Å². The minimum Gasteiger partial charge on any atom is -0.355 e. The van der Waals surface area contributed by atoms with E-state index < -0.39 is 0 Å². The van der Waals surface area contributed by atoms with Gasteiger partial charge in [0.15, 0.2) is 0 Å². The fraction of sp³-hybridized carbons (Fsp3) is 0.857. The van der Waals surface area contributed by atoms with Gasteiger partial charge in [-0.1, -0.05) is 36.7 Å². The van der Waals surface area contributed by atoms with E-state index in [9.17, 15) is 4.79 Å². The molecule has 2 nitrogen and oxygen atoms in total. The van der Waals surface area contributed by atoms with Crippen molar-refractivity contribution in [3.05, 3.63) is 0 Å². The van der Waals surface area contributed by atoms with Gasteiger partial charge in [0.2, 0.25) is 5.91 Å². The second-order valence-electron chi connectivity index (χ2n) is 3.19. The Labute approximate surface area is 70.5 Å². The van der Waals surface area contributed by atoms with Crippen LogP contribution in [0.15, 0.2) is 0 Å². The van der Waals surface area contributed by atoms with Crippen molar-refractivity contribution in [2.75, 3.05) is 11.9 Å². The molecule has 0 rings (SSSR count). The predicted octanol–water partition coefficient (Wildman–Crippen LogP) is 1.54. The third kappa shape index (κ3) is 3.88. The summed E-state index contributed by atoms with van der Waals surface area (Å²) in [6, 6.07) is 0. The maximum absolute atomic E-state index is 11.1. The minimum atomic E-state index is -0.262. The zero-order chi connectivity index (χ0) is 8.20. The molecule has 0 bridgehead atoms. The van der Waals surface area contributed by atoms with Gasteiger partial charge < -0.3 is 5.32 Å². The number of carbonyl (C=O) groups is 1. The second kappa shape index (κ2) is 3.96. The lowest BCUT2D eigenvalue weighted by Gasteiger charge is -2.16. The van der Waals surface area contributed by atoms with Crippen molar-refractivity contribution in [3.63, 3.8) is 0 Å². The number of nitrogens with one attached hydrogen (secondary N) is 1. The monoisotopic (exact) mass is 207 g/mol. The molecule has 0 atom stereocenters. The van der Waals surface area contributed by atoms with E-state index >= 15 is 0 Å². The van der Waals surface area contributed by atoms with Crippen LogP contribution in [0.2, 0.25) is 0 Å². The molecule has 0 spiro atoms. The average molecular weight is 208 g/mol. The van der Waals surface area contributed by atoms with Gasteiger partial charge in [-0.05, 0) is 0 Å². The Morgan fingerprint density at radius 1 is 1.50 bits per heavy atom. The average Bonchev–Trinajstić information content (AvgIpc) is 1.80. The lowest BCUT2D eigenvalue weighted by Crippen LogP contribution is -2.35. The fourth-order valence-electron chi connectivity index (χ4n) is 0.426. The van der Waals surface area contributed by atoms with E-state index in [4.69, 9.17) is 0 Å². The van der Waals surface area contributed by atoms with E-state index in [0.29, 0.717) is 6.54 Å². The number of hydrogen-bond acceptors (Lipinski definition) is 1. The molecule has 0 aliphatic rings. The van der Waals surface area contributed by atoms with Crippen molar-refractivity contribution in [2.45, 2.75) is 20.8 Å². The molecule has 1 amide bonds. The summed E-state index contributed by atoms with van der Waals surface area (Å²) in [6.07, 6.45) is 0. The highest BCUT2D eigenvalue weighted by Gasteiger charge is 2.19. The molecule has 0 aliphatic carbocycles. The Morgan fingerprint density at radius 2 is 2.00 bits per heavy atom. The van der Waals surface area contributed by atoms with Crippen molar-refractivity contribution in [1.82, 2.24) is 5.32 Å². The van der Waals surface area contributed by atoms with Crippen molar-refractivity contribution in [1.29, 1.82) is 0 Å². The first-order valence-corrected chi connectivity index (χ1v) is 4.45. The molecule has 0 aromatic carbocycles. The highest BCUT2D eigenvalue weighted by atomic mass is 79.9. The molecule has 0 unspecified atom stereocenters. The first kappa shape index (κ1) is 9.95. The molecule has 60 valence electrons. The van der Waals surface area contributed by atoms with Crippen molar-refractivity contribution in [3.8, 4) is 0 Å². The maximum atomic E-state index is 11.1. The van der Waals surface area contributed by atoms with Gasteiger partial charge in [-0.15, -0.1) is 0 Å². The first-order chi connectivity index (χ1) is 4.48. The molecule has 0 aliphatic heterocycles.